The van der Waals surface area contributed by atoms with Crippen molar-refractivity contribution in [1.82, 2.24) is 4.90 Å². The van der Waals surface area contributed by atoms with Crippen molar-refractivity contribution in [3.8, 4) is 0 Å². The molecule has 1 fully saturated rings. The highest BCUT2D eigenvalue weighted by atomic mass is 35.5. The minimum absolute atomic E-state index is 0.000769. The van der Waals surface area contributed by atoms with E-state index in [1.54, 1.807) is 53.4 Å². The van der Waals surface area contributed by atoms with Crippen LogP contribution in [0.2, 0.25) is 5.02 Å². The zero-order valence-corrected chi connectivity index (χ0v) is 19.4. The molecule has 0 N–H and O–H groups in total. The maximum Gasteiger partial charge on any atom is 0.264 e. The summed E-state index contributed by atoms with van der Waals surface area (Å²) in [5.74, 6) is -0.642. The van der Waals surface area contributed by atoms with E-state index in [9.17, 15) is 17.6 Å². The highest BCUT2D eigenvalue weighted by molar-refractivity contribution is 7.92. The van der Waals surface area contributed by atoms with Crippen LogP contribution in [-0.2, 0) is 14.8 Å². The molecule has 1 atom stereocenters. The lowest BCUT2D eigenvalue weighted by molar-refractivity contribution is -0.0228. The van der Waals surface area contributed by atoms with Gasteiger partial charge in [0.25, 0.3) is 15.9 Å². The minimum Gasteiger partial charge on any atom is -0.370 e. The van der Waals surface area contributed by atoms with E-state index >= 15 is 0 Å². The van der Waals surface area contributed by atoms with Crippen LogP contribution in [0.4, 0.5) is 10.1 Å². The quantitative estimate of drug-likeness (QED) is 0.529. The van der Waals surface area contributed by atoms with Gasteiger partial charge in [-0.15, -0.1) is 0 Å². The van der Waals surface area contributed by atoms with E-state index in [-0.39, 0.29) is 34.8 Å². The highest BCUT2D eigenvalue weighted by Gasteiger charge is 2.28. The smallest absolute Gasteiger partial charge is 0.264 e. The summed E-state index contributed by atoms with van der Waals surface area (Å²) in [6, 6.07) is 18.4. The van der Waals surface area contributed by atoms with E-state index in [0.717, 1.165) is 9.87 Å². The topological polar surface area (TPSA) is 66.9 Å². The molecule has 6 nitrogen and oxygen atoms in total. The monoisotopic (exact) mass is 488 g/mol. The molecule has 3 aromatic carbocycles. The number of halogens is 2. The zero-order valence-electron chi connectivity index (χ0n) is 17.8. The van der Waals surface area contributed by atoms with Crippen molar-refractivity contribution in [3.63, 3.8) is 0 Å². The van der Waals surface area contributed by atoms with Gasteiger partial charge in [-0.3, -0.25) is 9.10 Å². The molecule has 3 aromatic rings. The summed E-state index contributed by atoms with van der Waals surface area (Å²) >= 11 is 6.00. The number of rotatable bonds is 5. The van der Waals surface area contributed by atoms with Crippen molar-refractivity contribution < 1.29 is 22.3 Å². The first kappa shape index (κ1) is 23.2. The Morgan fingerprint density at radius 2 is 1.82 bits per heavy atom. The van der Waals surface area contributed by atoms with Crippen molar-refractivity contribution in [2.45, 2.75) is 11.0 Å². The largest absolute Gasteiger partial charge is 0.370 e. The SMILES string of the molecule is CN(c1cccc(Cl)c1)S(=O)(=O)c1cccc(C(=O)N2CCOC(c3ccc(F)cc3)C2)c1. The first-order valence-corrected chi connectivity index (χ1v) is 12.1. The highest BCUT2D eigenvalue weighted by Crippen LogP contribution is 2.27. The van der Waals surface area contributed by atoms with Crippen LogP contribution in [0.25, 0.3) is 0 Å². The Balaban J connectivity index is 1.55. The van der Waals surface area contributed by atoms with Gasteiger partial charge >= 0.3 is 0 Å². The Kier molecular flexibility index (Phi) is 6.69. The molecule has 0 bridgehead atoms. The second kappa shape index (κ2) is 9.51. The van der Waals surface area contributed by atoms with Crippen LogP contribution < -0.4 is 4.31 Å². The summed E-state index contributed by atoms with van der Waals surface area (Å²) in [6.07, 6.45) is -0.385. The van der Waals surface area contributed by atoms with Crippen molar-refractivity contribution >= 4 is 33.2 Å². The maximum atomic E-state index is 13.2. The van der Waals surface area contributed by atoms with Crippen LogP contribution in [0.5, 0.6) is 0 Å². The van der Waals surface area contributed by atoms with Gasteiger partial charge in [0, 0.05) is 24.2 Å². The first-order valence-electron chi connectivity index (χ1n) is 10.3. The Morgan fingerprint density at radius 3 is 2.55 bits per heavy atom. The summed E-state index contributed by atoms with van der Waals surface area (Å²) in [6.45, 7) is 0.975. The molecule has 0 aromatic heterocycles. The summed E-state index contributed by atoms with van der Waals surface area (Å²) in [5, 5.41) is 0.418. The van der Waals surface area contributed by atoms with Gasteiger partial charge in [0.2, 0.25) is 0 Å². The summed E-state index contributed by atoms with van der Waals surface area (Å²) in [7, 11) is -2.47. The van der Waals surface area contributed by atoms with E-state index in [1.165, 1.54) is 31.3 Å². The van der Waals surface area contributed by atoms with Gasteiger partial charge in [0.1, 0.15) is 11.9 Å². The lowest BCUT2D eigenvalue weighted by atomic mass is 10.1. The Labute approximate surface area is 197 Å². The minimum atomic E-state index is -3.91. The van der Waals surface area contributed by atoms with E-state index < -0.39 is 10.0 Å². The number of hydrogen-bond acceptors (Lipinski definition) is 4. The van der Waals surface area contributed by atoms with Gasteiger partial charge in [-0.25, -0.2) is 12.8 Å². The number of carbonyl (C=O) groups excluding carboxylic acids is 1. The maximum absolute atomic E-state index is 13.2. The molecule has 4 rings (SSSR count). The molecule has 0 aliphatic carbocycles. The Bertz CT molecular complexity index is 1270. The standard InChI is InChI=1S/C24H22ClFN2O4S/c1-27(21-6-3-5-19(25)15-21)33(30,31)22-7-2-4-18(14-22)24(29)28-12-13-32-23(16-28)17-8-10-20(26)11-9-17/h2-11,14-15,23H,12-13,16H2,1H3. The number of morpholine rings is 1. The molecule has 1 aliphatic heterocycles. The number of amides is 1. The van der Waals surface area contributed by atoms with Crippen LogP contribution in [0.1, 0.15) is 22.0 Å². The lowest BCUT2D eigenvalue weighted by Crippen LogP contribution is -2.42. The molecule has 1 heterocycles. The molecule has 1 unspecified atom stereocenters. The van der Waals surface area contributed by atoms with Crippen LogP contribution in [0, 0.1) is 5.82 Å². The van der Waals surface area contributed by atoms with Crippen molar-refractivity contribution in [2.24, 2.45) is 0 Å². The number of benzene rings is 3. The Hall–Kier alpha value is -2.94. The zero-order chi connectivity index (χ0) is 23.6. The molecule has 33 heavy (non-hydrogen) atoms. The molecule has 1 aliphatic rings. The summed E-state index contributed by atoms with van der Waals surface area (Å²) in [5.41, 5.74) is 1.44. The van der Waals surface area contributed by atoms with Crippen LogP contribution in [0.3, 0.4) is 0 Å². The molecule has 172 valence electrons. The number of anilines is 1. The van der Waals surface area contributed by atoms with Crippen LogP contribution in [0.15, 0.2) is 77.7 Å². The van der Waals surface area contributed by atoms with Gasteiger partial charge in [-0.2, -0.15) is 0 Å². The van der Waals surface area contributed by atoms with Crippen molar-refractivity contribution in [3.05, 3.63) is 94.8 Å². The third-order valence-electron chi connectivity index (χ3n) is 5.51. The van der Waals surface area contributed by atoms with Gasteiger partial charge in [0.15, 0.2) is 0 Å². The van der Waals surface area contributed by atoms with Gasteiger partial charge in [0.05, 0.1) is 23.7 Å². The van der Waals surface area contributed by atoms with Crippen molar-refractivity contribution in [1.29, 1.82) is 0 Å². The van der Waals surface area contributed by atoms with Gasteiger partial charge in [-0.05, 0) is 54.1 Å². The summed E-state index contributed by atoms with van der Waals surface area (Å²) < 4.78 is 46.5. The number of carbonyl (C=O) groups is 1. The van der Waals surface area contributed by atoms with E-state index in [0.29, 0.717) is 23.9 Å². The Morgan fingerprint density at radius 1 is 1.09 bits per heavy atom. The van der Waals surface area contributed by atoms with Crippen molar-refractivity contribution in [2.75, 3.05) is 31.0 Å². The molecule has 0 radical (unpaired) electrons. The molecule has 0 saturated carbocycles. The normalized spacial score (nSPS) is 16.5. The van der Waals surface area contributed by atoms with Gasteiger partial charge < -0.3 is 9.64 Å². The number of hydrogen-bond donors (Lipinski definition) is 0. The lowest BCUT2D eigenvalue weighted by Gasteiger charge is -2.33. The number of sulfonamides is 1. The predicted octanol–water partition coefficient (Wildman–Crippen LogP) is 4.52. The number of ether oxygens (including phenoxy) is 1. The van der Waals surface area contributed by atoms with Crippen LogP contribution in [-0.4, -0.2) is 46.0 Å². The molecule has 0 spiro atoms. The molecule has 9 heteroatoms. The third kappa shape index (κ3) is 5.03. The van der Waals surface area contributed by atoms with Crippen LogP contribution >= 0.6 is 11.6 Å². The molecule has 1 amide bonds. The number of nitrogens with zero attached hydrogens (tertiary/aromatic N) is 2. The van der Waals surface area contributed by atoms with Gasteiger partial charge in [-0.1, -0.05) is 35.9 Å². The van der Waals surface area contributed by atoms with E-state index in [4.69, 9.17) is 16.3 Å². The molecular weight excluding hydrogens is 467 g/mol. The van der Waals surface area contributed by atoms with E-state index in [1.807, 2.05) is 0 Å². The molecule has 1 saturated heterocycles. The third-order valence-corrected chi connectivity index (χ3v) is 7.52. The fourth-order valence-electron chi connectivity index (χ4n) is 3.65. The fraction of sp³-hybridized carbons (Fsp3) is 0.208. The fourth-order valence-corrected chi connectivity index (χ4v) is 5.07. The average molecular weight is 489 g/mol. The second-order valence-electron chi connectivity index (χ2n) is 7.64. The first-order chi connectivity index (χ1) is 15.8. The second-order valence-corrected chi connectivity index (χ2v) is 10.0. The van der Waals surface area contributed by atoms with E-state index in [2.05, 4.69) is 0 Å². The average Bonchev–Trinajstić information content (AvgIpc) is 2.83. The predicted molar refractivity (Wildman–Crippen MR) is 124 cm³/mol. The summed E-state index contributed by atoms with van der Waals surface area (Å²) in [4.78, 5) is 14.8. The molecular formula is C24H22ClFN2O4S.